The maximum absolute atomic E-state index is 6.25. The molecule has 3 aromatic rings. The molecule has 0 spiro atoms. The molecule has 3 nitrogen and oxygen atoms in total. The third-order valence-electron chi connectivity index (χ3n) is 3.60. The highest BCUT2D eigenvalue weighted by Crippen LogP contribution is 2.33. The quantitative estimate of drug-likeness (QED) is 0.716. The molecule has 5 heteroatoms. The fourth-order valence-corrected chi connectivity index (χ4v) is 3.48. The summed E-state index contributed by atoms with van der Waals surface area (Å²) in [6.07, 6.45) is 1.60. The van der Waals surface area contributed by atoms with Crippen LogP contribution in [-0.4, -0.2) is 15.8 Å². The van der Waals surface area contributed by atoms with Crippen LogP contribution in [0.1, 0.15) is 18.1 Å². The molecule has 1 aromatic carbocycles. The van der Waals surface area contributed by atoms with E-state index in [9.17, 15) is 0 Å². The summed E-state index contributed by atoms with van der Waals surface area (Å²) in [6, 6.07) is 10.2. The summed E-state index contributed by atoms with van der Waals surface area (Å²) >= 11 is 7.90. The van der Waals surface area contributed by atoms with Crippen LogP contribution < -0.4 is 5.32 Å². The van der Waals surface area contributed by atoms with Gasteiger partial charge in [0.25, 0.3) is 0 Å². The van der Waals surface area contributed by atoms with Gasteiger partial charge >= 0.3 is 0 Å². The second-order valence-electron chi connectivity index (χ2n) is 5.28. The molecule has 0 aliphatic heterocycles. The first-order valence-electron chi connectivity index (χ1n) is 6.72. The van der Waals surface area contributed by atoms with Crippen molar-refractivity contribution < 1.29 is 0 Å². The molecule has 0 fully saturated rings. The van der Waals surface area contributed by atoms with E-state index in [4.69, 9.17) is 11.6 Å². The number of anilines is 1. The van der Waals surface area contributed by atoms with E-state index < -0.39 is 0 Å². The number of nitrogens with one attached hydrogen (secondary N) is 1. The Hall–Kier alpha value is -1.65. The first-order valence-corrected chi connectivity index (χ1v) is 8.14. The number of fused-ring (bicyclic) bond motifs is 1. The number of hydrogen-bond donors (Lipinski definition) is 1. The summed E-state index contributed by atoms with van der Waals surface area (Å²) in [5.74, 6) is 1.29. The number of halogens is 1. The highest BCUT2D eigenvalue weighted by molar-refractivity contribution is 7.18. The van der Waals surface area contributed by atoms with Crippen molar-refractivity contribution >= 4 is 39.0 Å². The van der Waals surface area contributed by atoms with E-state index in [0.717, 1.165) is 21.6 Å². The summed E-state index contributed by atoms with van der Waals surface area (Å²) < 4.78 is 1.07. The molecular formula is C16H16ClN3S. The molecule has 2 aromatic heterocycles. The normalized spacial score (nSPS) is 14.0. The summed E-state index contributed by atoms with van der Waals surface area (Å²) in [7, 11) is 0. The first-order chi connectivity index (χ1) is 10.1. The van der Waals surface area contributed by atoms with Crippen molar-refractivity contribution in [3.8, 4) is 0 Å². The van der Waals surface area contributed by atoms with E-state index in [1.165, 1.54) is 5.56 Å². The second-order valence-corrected chi connectivity index (χ2v) is 6.42. The highest BCUT2D eigenvalue weighted by Gasteiger charge is 2.26. The summed E-state index contributed by atoms with van der Waals surface area (Å²) in [4.78, 5) is 8.76. The van der Waals surface area contributed by atoms with Crippen molar-refractivity contribution in [2.75, 3.05) is 11.2 Å². The number of rotatable bonds is 4. The summed E-state index contributed by atoms with van der Waals surface area (Å²) in [5, 5.41) is 5.61. The molecular weight excluding hydrogens is 302 g/mol. The van der Waals surface area contributed by atoms with Crippen LogP contribution in [0.15, 0.2) is 42.0 Å². The van der Waals surface area contributed by atoms with E-state index in [0.29, 0.717) is 5.88 Å². The minimum absolute atomic E-state index is 0.373. The Kier molecular flexibility index (Phi) is 3.83. The van der Waals surface area contributed by atoms with Crippen LogP contribution >= 0.6 is 22.9 Å². The number of nitrogens with zero attached hydrogens (tertiary/aromatic N) is 2. The maximum atomic E-state index is 6.25. The number of alkyl halides is 1. The molecule has 1 N–H and O–H groups in total. The molecule has 0 radical (unpaired) electrons. The van der Waals surface area contributed by atoms with Crippen molar-refractivity contribution in [3.05, 3.63) is 53.2 Å². The zero-order valence-corrected chi connectivity index (χ0v) is 13.5. The lowest BCUT2D eigenvalue weighted by molar-refractivity contribution is 0.615. The van der Waals surface area contributed by atoms with Crippen LogP contribution in [0.4, 0.5) is 5.82 Å². The third kappa shape index (κ3) is 2.61. The van der Waals surface area contributed by atoms with Gasteiger partial charge < -0.3 is 5.32 Å². The predicted octanol–water partition coefficient (Wildman–Crippen LogP) is 4.57. The molecule has 2 heterocycles. The second kappa shape index (κ2) is 5.62. The van der Waals surface area contributed by atoms with E-state index in [1.807, 2.05) is 18.2 Å². The molecule has 108 valence electrons. The monoisotopic (exact) mass is 317 g/mol. The third-order valence-corrected chi connectivity index (χ3v) is 5.23. The Morgan fingerprint density at radius 2 is 2.00 bits per heavy atom. The molecule has 1 atom stereocenters. The molecule has 21 heavy (non-hydrogen) atoms. The standard InChI is InChI=1S/C16H16ClN3S/c1-11-8-21-14-13(11)18-10-19-15(14)20-16(2,9-17)12-6-4-3-5-7-12/h3-8,10H,9H2,1-2H3,(H,18,19,20). The zero-order valence-electron chi connectivity index (χ0n) is 11.9. The SMILES string of the molecule is Cc1csc2c(NC(C)(CCl)c3ccccc3)ncnc12. The topological polar surface area (TPSA) is 37.8 Å². The highest BCUT2D eigenvalue weighted by atomic mass is 35.5. The van der Waals surface area contributed by atoms with Gasteiger partial charge in [-0.3, -0.25) is 0 Å². The van der Waals surface area contributed by atoms with Gasteiger partial charge in [0.1, 0.15) is 12.1 Å². The van der Waals surface area contributed by atoms with Gasteiger partial charge in [-0.05, 0) is 30.4 Å². The molecule has 3 rings (SSSR count). The van der Waals surface area contributed by atoms with Gasteiger partial charge in [-0.2, -0.15) is 0 Å². The van der Waals surface area contributed by atoms with Gasteiger partial charge in [-0.15, -0.1) is 22.9 Å². The lowest BCUT2D eigenvalue weighted by Gasteiger charge is -2.30. The van der Waals surface area contributed by atoms with Gasteiger partial charge in [0.05, 0.1) is 15.8 Å². The number of hydrogen-bond acceptors (Lipinski definition) is 4. The molecule has 0 amide bonds. The van der Waals surface area contributed by atoms with Crippen molar-refractivity contribution in [3.63, 3.8) is 0 Å². The Bertz CT molecular complexity index is 757. The zero-order chi connectivity index (χ0) is 14.9. The van der Waals surface area contributed by atoms with Crippen molar-refractivity contribution in [2.45, 2.75) is 19.4 Å². The summed E-state index contributed by atoms with van der Waals surface area (Å²) in [6.45, 7) is 4.15. The molecule has 0 aliphatic rings. The maximum Gasteiger partial charge on any atom is 0.148 e. The van der Waals surface area contributed by atoms with Crippen molar-refractivity contribution in [1.29, 1.82) is 0 Å². The van der Waals surface area contributed by atoms with Crippen LogP contribution in [0.2, 0.25) is 0 Å². The van der Waals surface area contributed by atoms with Gasteiger partial charge in [-0.1, -0.05) is 30.3 Å². The van der Waals surface area contributed by atoms with Crippen LogP contribution in [0.3, 0.4) is 0 Å². The largest absolute Gasteiger partial charge is 0.358 e. The predicted molar refractivity (Wildman–Crippen MR) is 90.3 cm³/mol. The fraction of sp³-hybridized carbons (Fsp3) is 0.250. The number of aryl methyl sites for hydroxylation is 1. The molecule has 0 saturated heterocycles. The van der Waals surface area contributed by atoms with E-state index in [2.05, 4.69) is 46.6 Å². The van der Waals surface area contributed by atoms with Crippen LogP contribution in [-0.2, 0) is 5.54 Å². The summed E-state index contributed by atoms with van der Waals surface area (Å²) in [5.41, 5.74) is 2.94. The van der Waals surface area contributed by atoms with E-state index in [-0.39, 0.29) is 5.54 Å². The average Bonchev–Trinajstić information content (AvgIpc) is 2.91. The van der Waals surface area contributed by atoms with Gasteiger partial charge in [0, 0.05) is 5.88 Å². The smallest absolute Gasteiger partial charge is 0.148 e. The number of benzene rings is 1. The number of aromatic nitrogens is 2. The van der Waals surface area contributed by atoms with E-state index >= 15 is 0 Å². The first kappa shape index (κ1) is 14.3. The van der Waals surface area contributed by atoms with Crippen LogP contribution in [0, 0.1) is 6.92 Å². The lowest BCUT2D eigenvalue weighted by Crippen LogP contribution is -2.34. The van der Waals surface area contributed by atoms with Crippen molar-refractivity contribution in [1.82, 2.24) is 9.97 Å². The Balaban J connectivity index is 2.04. The van der Waals surface area contributed by atoms with Crippen LogP contribution in [0.5, 0.6) is 0 Å². The van der Waals surface area contributed by atoms with Crippen LogP contribution in [0.25, 0.3) is 10.2 Å². The molecule has 1 unspecified atom stereocenters. The average molecular weight is 318 g/mol. The minimum atomic E-state index is -0.373. The Morgan fingerprint density at radius 1 is 1.24 bits per heavy atom. The van der Waals surface area contributed by atoms with E-state index in [1.54, 1.807) is 17.7 Å². The van der Waals surface area contributed by atoms with Gasteiger partial charge in [0.2, 0.25) is 0 Å². The number of thiophene rings is 1. The van der Waals surface area contributed by atoms with Crippen molar-refractivity contribution in [2.24, 2.45) is 0 Å². The lowest BCUT2D eigenvalue weighted by atomic mass is 9.94. The fourth-order valence-electron chi connectivity index (χ4n) is 2.31. The van der Waals surface area contributed by atoms with Gasteiger partial charge in [-0.25, -0.2) is 9.97 Å². The minimum Gasteiger partial charge on any atom is -0.358 e. The Labute approximate surface area is 133 Å². The molecule has 0 aliphatic carbocycles. The molecule has 0 bridgehead atoms. The van der Waals surface area contributed by atoms with Gasteiger partial charge in [0.15, 0.2) is 0 Å². The Morgan fingerprint density at radius 3 is 2.71 bits per heavy atom. The molecule has 0 saturated carbocycles.